The highest BCUT2D eigenvalue weighted by molar-refractivity contribution is 7.89. The van der Waals surface area contributed by atoms with Gasteiger partial charge in [0.2, 0.25) is 0 Å². The molecule has 0 radical (unpaired) electrons. The summed E-state index contributed by atoms with van der Waals surface area (Å²) in [6, 6.07) is 19.0. The highest BCUT2D eigenvalue weighted by Gasteiger charge is 2.45. The molecule has 9 heteroatoms. The Hall–Kier alpha value is -1.12. The van der Waals surface area contributed by atoms with Crippen molar-refractivity contribution in [2.45, 2.75) is 12.5 Å². The van der Waals surface area contributed by atoms with Crippen LogP contribution in [0.3, 0.4) is 0 Å². The highest BCUT2D eigenvalue weighted by Crippen LogP contribution is 2.57. The fourth-order valence-electron chi connectivity index (χ4n) is 3.06. The molecule has 0 fully saturated rings. The summed E-state index contributed by atoms with van der Waals surface area (Å²) in [6.07, 6.45) is 1.07. The fraction of sp³-hybridized carbons (Fsp3) is 0.294. The molecule has 0 aliphatic heterocycles. The normalized spacial score (nSPS) is 12.9. The van der Waals surface area contributed by atoms with Gasteiger partial charge in [0.15, 0.2) is 0 Å². The Morgan fingerprint density at radius 1 is 0.808 bits per heavy atom. The third-order valence-corrected chi connectivity index (χ3v) is 11.1. The molecule has 26 heavy (non-hydrogen) atoms. The van der Waals surface area contributed by atoms with Gasteiger partial charge in [-0.15, -0.1) is 0 Å². The lowest BCUT2D eigenvalue weighted by Crippen LogP contribution is -2.38. The van der Waals surface area contributed by atoms with Gasteiger partial charge < -0.3 is 14.4 Å². The minimum Gasteiger partial charge on any atom is -0.390 e. The molecule has 0 saturated heterocycles. The van der Waals surface area contributed by atoms with Gasteiger partial charge in [0.1, 0.15) is 0 Å². The molecule has 0 aromatic heterocycles. The molecule has 0 aliphatic carbocycles. The highest BCUT2D eigenvalue weighted by atomic mass is 32.2. The molecule has 0 saturated carbocycles. The Balaban J connectivity index is 2.47. The zero-order valence-corrected chi connectivity index (χ0v) is 17.0. The Kier molecular flexibility index (Phi) is 7.10. The molecule has 0 bridgehead atoms. The monoisotopic (exact) mass is 415 g/mol. The molecule has 4 N–H and O–H groups in total. The Morgan fingerprint density at radius 2 is 1.27 bits per heavy atom. The quantitative estimate of drug-likeness (QED) is 0.274. The van der Waals surface area contributed by atoms with Crippen molar-refractivity contribution in [3.63, 3.8) is 0 Å². The first-order valence-electron chi connectivity index (χ1n) is 8.23. The van der Waals surface area contributed by atoms with Crippen molar-refractivity contribution in [2.24, 2.45) is 0 Å². The first kappa shape index (κ1) is 21.2. The molecule has 0 unspecified atom stereocenters. The van der Waals surface area contributed by atoms with Crippen LogP contribution in [0, 0.1) is 0 Å². The molecule has 2 aromatic rings. The maximum Gasteiger partial charge on any atom is 0.496 e. The summed E-state index contributed by atoms with van der Waals surface area (Å²) in [7, 11) is -10.5. The van der Waals surface area contributed by atoms with E-state index in [-0.39, 0.29) is 18.2 Å². The van der Waals surface area contributed by atoms with Crippen LogP contribution in [0.4, 0.5) is 0 Å². The average Bonchev–Trinajstić information content (AvgIpc) is 2.58. The third kappa shape index (κ3) is 6.24. The van der Waals surface area contributed by atoms with Crippen LogP contribution in [-0.4, -0.2) is 54.2 Å². The van der Waals surface area contributed by atoms with Crippen molar-refractivity contribution < 1.29 is 27.4 Å². The summed E-state index contributed by atoms with van der Waals surface area (Å²) >= 11 is 0. The first-order chi connectivity index (χ1) is 12.1. The molecular weight excluding hydrogens is 391 g/mol. The van der Waals surface area contributed by atoms with Crippen molar-refractivity contribution in [1.29, 1.82) is 0 Å². The molecule has 0 spiro atoms. The van der Waals surface area contributed by atoms with Crippen molar-refractivity contribution >= 4 is 36.8 Å². The molecular formula is C17H24O6PSSi+. The first-order valence-corrected chi connectivity index (χ1v) is 14.0. The molecule has 2 aromatic carbocycles. The standard InChI is InChI=1S/C17H23O6PSSi/c18-25(19,20)14-7-12-24(13-15-26(21,22)23,16-8-3-1-4-9-16)17-10-5-2-6-11-17/h1-6,8-11,21-23H,7,12-15H2/p+1. The molecule has 2 rings (SSSR count). The van der Waals surface area contributed by atoms with E-state index in [1.807, 2.05) is 60.7 Å². The van der Waals surface area contributed by atoms with Gasteiger partial charge in [0.05, 0.1) is 42.0 Å². The second-order valence-corrected chi connectivity index (χ2v) is 13.7. The smallest absolute Gasteiger partial charge is 0.390 e. The van der Waals surface area contributed by atoms with Gasteiger partial charge >= 0.3 is 8.80 Å². The number of benzene rings is 2. The van der Waals surface area contributed by atoms with E-state index in [2.05, 4.69) is 0 Å². The van der Waals surface area contributed by atoms with E-state index in [0.29, 0.717) is 12.3 Å². The predicted octanol–water partition coefficient (Wildman–Crippen LogP) is 0.849. The van der Waals surface area contributed by atoms with E-state index in [1.54, 1.807) is 0 Å². The Labute approximate surface area is 155 Å². The van der Waals surface area contributed by atoms with Crippen LogP contribution in [0.1, 0.15) is 6.42 Å². The fourth-order valence-corrected chi connectivity index (χ4v) is 10.2. The molecule has 6 nitrogen and oxygen atoms in total. The van der Waals surface area contributed by atoms with Crippen LogP contribution in [0.5, 0.6) is 0 Å². The second-order valence-electron chi connectivity index (χ2n) is 6.25. The van der Waals surface area contributed by atoms with Gasteiger partial charge in [-0.3, -0.25) is 4.55 Å². The van der Waals surface area contributed by atoms with Gasteiger partial charge in [-0.1, -0.05) is 36.4 Å². The molecule has 0 aliphatic rings. The van der Waals surface area contributed by atoms with Gasteiger partial charge in [0, 0.05) is 0 Å². The maximum absolute atomic E-state index is 11.2. The largest absolute Gasteiger partial charge is 0.496 e. The second kappa shape index (κ2) is 8.71. The van der Waals surface area contributed by atoms with Crippen LogP contribution in [0.15, 0.2) is 60.7 Å². The Bertz CT molecular complexity index is 754. The van der Waals surface area contributed by atoms with E-state index in [0.717, 1.165) is 10.6 Å². The topological polar surface area (TPSA) is 115 Å². The lowest BCUT2D eigenvalue weighted by atomic mass is 10.4. The minimum absolute atomic E-state index is 0.129. The van der Waals surface area contributed by atoms with Crippen molar-refractivity contribution in [3.05, 3.63) is 60.7 Å². The van der Waals surface area contributed by atoms with Crippen LogP contribution in [0.2, 0.25) is 6.04 Å². The van der Waals surface area contributed by atoms with E-state index >= 15 is 0 Å². The summed E-state index contributed by atoms with van der Waals surface area (Å²) in [6.45, 7) is 0. The molecule has 0 amide bonds. The van der Waals surface area contributed by atoms with Crippen molar-refractivity contribution in [2.75, 3.05) is 18.1 Å². The Morgan fingerprint density at radius 3 is 1.65 bits per heavy atom. The van der Waals surface area contributed by atoms with Crippen LogP contribution in [0.25, 0.3) is 0 Å². The molecule has 0 atom stereocenters. The van der Waals surface area contributed by atoms with Crippen LogP contribution in [-0.2, 0) is 10.1 Å². The van der Waals surface area contributed by atoms with Crippen LogP contribution >= 0.6 is 7.26 Å². The summed E-state index contributed by atoms with van der Waals surface area (Å²) in [4.78, 5) is 28.7. The van der Waals surface area contributed by atoms with Gasteiger partial charge in [-0.25, -0.2) is 0 Å². The summed E-state index contributed by atoms with van der Waals surface area (Å²) < 4.78 is 31.4. The summed E-state index contributed by atoms with van der Waals surface area (Å²) in [5, 5.41) is 2.00. The minimum atomic E-state index is -4.25. The number of hydrogen-bond acceptors (Lipinski definition) is 5. The SMILES string of the molecule is O=S(=O)(O)CCC[P+](CC[Si](O)(O)O)(c1ccccc1)c1ccccc1. The molecule has 142 valence electrons. The predicted molar refractivity (Wildman–Crippen MR) is 107 cm³/mol. The van der Waals surface area contributed by atoms with Crippen LogP contribution < -0.4 is 10.6 Å². The molecule has 0 heterocycles. The van der Waals surface area contributed by atoms with E-state index in [1.165, 1.54) is 0 Å². The van der Waals surface area contributed by atoms with E-state index < -0.39 is 26.2 Å². The third-order valence-electron chi connectivity index (χ3n) is 4.27. The van der Waals surface area contributed by atoms with E-state index in [9.17, 15) is 22.8 Å². The van der Waals surface area contributed by atoms with Gasteiger partial charge in [-0.2, -0.15) is 8.42 Å². The lowest BCUT2D eigenvalue weighted by Gasteiger charge is -2.28. The van der Waals surface area contributed by atoms with Gasteiger partial charge in [-0.05, 0) is 30.7 Å². The van der Waals surface area contributed by atoms with E-state index in [4.69, 9.17) is 4.55 Å². The van der Waals surface area contributed by atoms with Crippen molar-refractivity contribution in [1.82, 2.24) is 0 Å². The summed E-state index contributed by atoms with van der Waals surface area (Å²) in [5.41, 5.74) is 0. The zero-order valence-electron chi connectivity index (χ0n) is 14.3. The van der Waals surface area contributed by atoms with Gasteiger partial charge in [0.25, 0.3) is 10.1 Å². The lowest BCUT2D eigenvalue weighted by molar-refractivity contribution is 0.230. The maximum atomic E-state index is 11.2. The summed E-state index contributed by atoms with van der Waals surface area (Å²) in [5.74, 6) is -0.353. The number of hydrogen-bond donors (Lipinski definition) is 4. The van der Waals surface area contributed by atoms with Crippen molar-refractivity contribution in [3.8, 4) is 0 Å². The average molecular weight is 416 g/mol. The zero-order chi connectivity index (χ0) is 19.3. The number of rotatable bonds is 9.